The summed E-state index contributed by atoms with van der Waals surface area (Å²) >= 11 is 3.37. The number of esters is 1. The van der Waals surface area contributed by atoms with Crippen LogP contribution in [0.1, 0.15) is 19.4 Å². The largest absolute Gasteiger partial charge is 0.497 e. The van der Waals surface area contributed by atoms with Crippen molar-refractivity contribution in [3.8, 4) is 17.2 Å². The van der Waals surface area contributed by atoms with E-state index in [1.54, 1.807) is 57.4 Å². The first-order valence-electron chi connectivity index (χ1n) is 10.5. The predicted molar refractivity (Wildman–Crippen MR) is 134 cm³/mol. The summed E-state index contributed by atoms with van der Waals surface area (Å²) < 4.78 is 20.9. The van der Waals surface area contributed by atoms with Gasteiger partial charge in [0.05, 0.1) is 32.0 Å². The maximum atomic E-state index is 12.8. The molecule has 0 spiro atoms. The van der Waals surface area contributed by atoms with Gasteiger partial charge in [-0.3, -0.25) is 9.59 Å². The van der Waals surface area contributed by atoms with Crippen molar-refractivity contribution in [2.45, 2.75) is 13.8 Å². The van der Waals surface area contributed by atoms with Gasteiger partial charge in [0.25, 0.3) is 5.91 Å². The predicted octanol–water partition coefficient (Wildman–Crippen LogP) is 3.38. The van der Waals surface area contributed by atoms with Crippen molar-refractivity contribution in [1.29, 1.82) is 0 Å². The smallest absolute Gasteiger partial charge is 0.343 e. The van der Waals surface area contributed by atoms with Gasteiger partial charge in [0.2, 0.25) is 5.91 Å². The van der Waals surface area contributed by atoms with Crippen molar-refractivity contribution >= 4 is 45.6 Å². The van der Waals surface area contributed by atoms with Gasteiger partial charge in [0.15, 0.2) is 18.1 Å². The molecule has 0 saturated carbocycles. The van der Waals surface area contributed by atoms with Crippen LogP contribution in [-0.4, -0.2) is 51.9 Å². The summed E-state index contributed by atoms with van der Waals surface area (Å²) in [6.45, 7) is 3.26. The van der Waals surface area contributed by atoms with Gasteiger partial charge in [0, 0.05) is 5.69 Å². The highest BCUT2D eigenvalue weighted by molar-refractivity contribution is 9.10. The number of nitrogens with zero attached hydrogens (tertiary/aromatic N) is 1. The van der Waals surface area contributed by atoms with E-state index in [1.807, 2.05) is 0 Å². The number of hydrazone groups is 1. The Bertz CT molecular complexity index is 1070. The van der Waals surface area contributed by atoms with Crippen molar-refractivity contribution in [2.24, 2.45) is 16.9 Å². The van der Waals surface area contributed by atoms with Crippen LogP contribution in [0.4, 0.5) is 5.69 Å². The number of hydrogen-bond acceptors (Lipinski definition) is 8. The third-order valence-electron chi connectivity index (χ3n) is 4.79. The van der Waals surface area contributed by atoms with Crippen LogP contribution in [0.15, 0.2) is 46.0 Å². The van der Waals surface area contributed by atoms with Crippen LogP contribution in [0, 0.1) is 11.8 Å². The zero-order valence-electron chi connectivity index (χ0n) is 20.1. The van der Waals surface area contributed by atoms with Crippen LogP contribution >= 0.6 is 15.9 Å². The van der Waals surface area contributed by atoms with E-state index in [0.29, 0.717) is 33.0 Å². The summed E-state index contributed by atoms with van der Waals surface area (Å²) in [5.74, 6) is -1.47. The number of nitrogens with one attached hydrogen (secondary N) is 2. The molecule has 0 aromatic heterocycles. The Balaban J connectivity index is 2.08. The summed E-state index contributed by atoms with van der Waals surface area (Å²) in [5.41, 5.74) is 3.54. The van der Waals surface area contributed by atoms with E-state index in [2.05, 4.69) is 36.5 Å². The summed E-state index contributed by atoms with van der Waals surface area (Å²) in [4.78, 5) is 36.8. The Hall–Kier alpha value is -3.60. The fourth-order valence-electron chi connectivity index (χ4n) is 3.00. The number of carbonyl (C=O) groups is 3. The first-order valence-corrected chi connectivity index (χ1v) is 11.3. The van der Waals surface area contributed by atoms with E-state index < -0.39 is 23.7 Å². The van der Waals surface area contributed by atoms with Crippen LogP contribution in [0.3, 0.4) is 0 Å². The summed E-state index contributed by atoms with van der Waals surface area (Å²) in [5, 5.41) is 6.72. The quantitative estimate of drug-likeness (QED) is 0.190. The molecule has 0 aliphatic carbocycles. The molecule has 0 aliphatic rings. The third kappa shape index (κ3) is 7.99. The van der Waals surface area contributed by atoms with Crippen LogP contribution in [0.25, 0.3) is 0 Å². The Morgan fingerprint density at radius 3 is 2.29 bits per heavy atom. The molecule has 1 unspecified atom stereocenters. The van der Waals surface area contributed by atoms with Gasteiger partial charge < -0.3 is 24.3 Å². The molecule has 2 amide bonds. The van der Waals surface area contributed by atoms with E-state index in [1.165, 1.54) is 20.4 Å². The number of rotatable bonds is 11. The molecule has 2 rings (SSSR count). The Morgan fingerprint density at radius 1 is 1.03 bits per heavy atom. The van der Waals surface area contributed by atoms with Gasteiger partial charge in [-0.05, 0) is 63.8 Å². The lowest BCUT2D eigenvalue weighted by atomic mass is 9.94. The second kappa shape index (κ2) is 13.3. The lowest BCUT2D eigenvalue weighted by molar-refractivity contribution is -0.143. The number of hydrogen-bond donors (Lipinski definition) is 2. The molecule has 10 nitrogen and oxygen atoms in total. The molecule has 0 bridgehead atoms. The minimum Gasteiger partial charge on any atom is -0.497 e. The maximum Gasteiger partial charge on any atom is 0.343 e. The first kappa shape index (κ1) is 27.6. The van der Waals surface area contributed by atoms with Gasteiger partial charge in [-0.25, -0.2) is 10.2 Å². The first-order chi connectivity index (χ1) is 16.7. The maximum absolute atomic E-state index is 12.8. The van der Waals surface area contributed by atoms with Crippen LogP contribution in [0.5, 0.6) is 17.2 Å². The molecule has 0 saturated heterocycles. The lowest BCUT2D eigenvalue weighted by Gasteiger charge is -2.18. The molecule has 11 heteroatoms. The molecule has 0 fully saturated rings. The molecule has 0 heterocycles. The van der Waals surface area contributed by atoms with Crippen molar-refractivity contribution in [3.63, 3.8) is 0 Å². The SMILES string of the molecule is COC(=O)COc1c(Br)cc(C=NNC(=O)C(C(=O)Nc2ccc(OC)cc2)C(C)C)cc1OC. The van der Waals surface area contributed by atoms with E-state index in [0.717, 1.165) is 0 Å². The minimum absolute atomic E-state index is 0.274. The Kier molecular flexibility index (Phi) is 10.5. The second-order valence-electron chi connectivity index (χ2n) is 7.57. The van der Waals surface area contributed by atoms with E-state index in [9.17, 15) is 14.4 Å². The minimum atomic E-state index is -0.968. The summed E-state index contributed by atoms with van der Waals surface area (Å²) in [7, 11) is 4.26. The van der Waals surface area contributed by atoms with Gasteiger partial charge in [-0.15, -0.1) is 0 Å². The highest BCUT2D eigenvalue weighted by Crippen LogP contribution is 2.36. The fourth-order valence-corrected chi connectivity index (χ4v) is 3.58. The molecule has 2 aromatic carbocycles. The van der Waals surface area contributed by atoms with Crippen LogP contribution in [-0.2, 0) is 19.1 Å². The number of anilines is 1. The second-order valence-corrected chi connectivity index (χ2v) is 8.43. The summed E-state index contributed by atoms with van der Waals surface area (Å²) in [6, 6.07) is 10.1. The Labute approximate surface area is 212 Å². The monoisotopic (exact) mass is 549 g/mol. The van der Waals surface area contributed by atoms with Crippen molar-refractivity contribution in [1.82, 2.24) is 5.43 Å². The molecule has 0 aliphatic heterocycles. The highest BCUT2D eigenvalue weighted by atomic mass is 79.9. The van der Waals surface area contributed by atoms with Gasteiger partial charge in [0.1, 0.15) is 11.7 Å². The van der Waals surface area contributed by atoms with Gasteiger partial charge >= 0.3 is 5.97 Å². The van der Waals surface area contributed by atoms with Crippen LogP contribution < -0.4 is 25.0 Å². The van der Waals surface area contributed by atoms with Crippen molar-refractivity contribution in [2.75, 3.05) is 33.3 Å². The van der Waals surface area contributed by atoms with Crippen LogP contribution in [0.2, 0.25) is 0 Å². The highest BCUT2D eigenvalue weighted by Gasteiger charge is 2.30. The standard InChI is InChI=1S/C24H28BrN3O7/c1-14(2)21(23(30)27-16-6-8-17(32-3)9-7-16)24(31)28-26-12-15-10-18(25)22(19(11-15)33-4)35-13-20(29)34-5/h6-12,14,21H,13H2,1-5H3,(H,27,30)(H,28,31). The summed E-state index contributed by atoms with van der Waals surface area (Å²) in [6.07, 6.45) is 1.40. The molecule has 2 aromatic rings. The number of methoxy groups -OCH3 is 3. The normalized spacial score (nSPS) is 11.6. The number of amides is 2. The molecule has 0 radical (unpaired) electrons. The van der Waals surface area contributed by atoms with E-state index >= 15 is 0 Å². The van der Waals surface area contributed by atoms with E-state index in [4.69, 9.17) is 14.2 Å². The average Bonchev–Trinajstić information content (AvgIpc) is 2.83. The molecular formula is C24H28BrN3O7. The number of benzene rings is 2. The number of halogens is 1. The average molecular weight is 550 g/mol. The van der Waals surface area contributed by atoms with Gasteiger partial charge in [-0.2, -0.15) is 5.10 Å². The number of ether oxygens (including phenoxy) is 4. The van der Waals surface area contributed by atoms with E-state index in [-0.39, 0.29) is 12.5 Å². The van der Waals surface area contributed by atoms with Gasteiger partial charge in [-0.1, -0.05) is 13.8 Å². The fraction of sp³-hybridized carbons (Fsp3) is 0.333. The van der Waals surface area contributed by atoms with Crippen molar-refractivity contribution < 1.29 is 33.3 Å². The lowest BCUT2D eigenvalue weighted by Crippen LogP contribution is -2.39. The molecule has 1 atom stereocenters. The molecular weight excluding hydrogens is 522 g/mol. The number of carbonyl (C=O) groups excluding carboxylic acids is 3. The zero-order chi connectivity index (χ0) is 26.0. The Morgan fingerprint density at radius 2 is 1.71 bits per heavy atom. The molecule has 35 heavy (non-hydrogen) atoms. The third-order valence-corrected chi connectivity index (χ3v) is 5.38. The molecule has 2 N–H and O–H groups in total. The topological polar surface area (TPSA) is 125 Å². The van der Waals surface area contributed by atoms with Crippen molar-refractivity contribution in [3.05, 3.63) is 46.4 Å². The zero-order valence-corrected chi connectivity index (χ0v) is 21.7. The molecule has 188 valence electrons.